The standard InChI is InChI=1S/C52H102O6.C17H34O6.C2H6/c1-5-9-13-17-23-31-39-49(40-32-24-18-14-10-6-2)57-51(53)43-35-27-21-29-37-45-55-47-48-56-46-38-30-22-28-36-44-52(54)58-50(41-33-25-19-15-11-7-3)42-34-26-20-16-12-8-4;1-4-6-16(7-5-2)17(18)23-15-14-22-13-12-21-11-10-20-9-8-19-3;1-2/h49-50H,5-48H2,1-4H3;16H,4-15H2,1-3H3;1-2H3. The number of carbonyl (C=O) groups excluding carboxylic acids is 3. The van der Waals surface area contributed by atoms with Crippen molar-refractivity contribution in [2.45, 2.75) is 350 Å². The van der Waals surface area contributed by atoms with E-state index in [0.29, 0.717) is 78.9 Å². The van der Waals surface area contributed by atoms with Crippen molar-refractivity contribution < 1.29 is 57.0 Å². The van der Waals surface area contributed by atoms with Crippen molar-refractivity contribution in [3.05, 3.63) is 0 Å². The monoisotopic (exact) mass is 1190 g/mol. The molecule has 12 nitrogen and oxygen atoms in total. The highest BCUT2D eigenvalue weighted by Crippen LogP contribution is 2.21. The second kappa shape index (κ2) is 76.3. The van der Waals surface area contributed by atoms with E-state index in [1.54, 1.807) is 7.11 Å². The summed E-state index contributed by atoms with van der Waals surface area (Å²) in [5.41, 5.74) is 0. The van der Waals surface area contributed by atoms with Crippen molar-refractivity contribution in [3.63, 3.8) is 0 Å². The molecule has 0 aliphatic carbocycles. The average Bonchev–Trinajstić information content (AvgIpc) is 3.48. The van der Waals surface area contributed by atoms with Crippen LogP contribution in [0.3, 0.4) is 0 Å². The maximum absolute atomic E-state index is 12.6. The summed E-state index contributed by atoms with van der Waals surface area (Å²) in [4.78, 5) is 37.2. The summed E-state index contributed by atoms with van der Waals surface area (Å²) >= 11 is 0. The second-order valence-corrected chi connectivity index (χ2v) is 23.0. The molecule has 0 saturated heterocycles. The van der Waals surface area contributed by atoms with E-state index < -0.39 is 0 Å². The predicted molar refractivity (Wildman–Crippen MR) is 349 cm³/mol. The Morgan fingerprint density at radius 1 is 0.277 bits per heavy atom. The Morgan fingerprint density at radius 3 is 0.855 bits per heavy atom. The maximum Gasteiger partial charge on any atom is 0.309 e. The molecule has 0 aromatic carbocycles. The number of carbonyl (C=O) groups is 3. The molecule has 0 spiro atoms. The van der Waals surface area contributed by atoms with Gasteiger partial charge in [-0.05, 0) is 89.9 Å². The Bertz CT molecular complexity index is 1130. The van der Waals surface area contributed by atoms with Gasteiger partial charge in [-0.1, -0.05) is 235 Å². The Morgan fingerprint density at radius 2 is 0.542 bits per heavy atom. The Labute approximate surface area is 515 Å². The molecule has 12 heteroatoms. The average molecular weight is 1190 g/mol. The summed E-state index contributed by atoms with van der Waals surface area (Å²) < 4.78 is 49.7. The molecule has 0 fully saturated rings. The number of hydrogen-bond acceptors (Lipinski definition) is 12. The van der Waals surface area contributed by atoms with Crippen LogP contribution in [0.4, 0.5) is 0 Å². The van der Waals surface area contributed by atoms with Crippen LogP contribution >= 0.6 is 0 Å². The zero-order valence-electron chi connectivity index (χ0n) is 56.7. The topological polar surface area (TPSA) is 134 Å². The molecular formula is C71H142O12. The van der Waals surface area contributed by atoms with Gasteiger partial charge in [0.05, 0.1) is 65.4 Å². The highest BCUT2D eigenvalue weighted by atomic mass is 16.6. The molecule has 0 rings (SSSR count). The molecule has 0 amide bonds. The molecule has 0 radical (unpaired) electrons. The first-order chi connectivity index (χ1) is 40.8. The van der Waals surface area contributed by atoms with E-state index in [4.69, 9.17) is 42.6 Å². The van der Waals surface area contributed by atoms with Crippen LogP contribution in [0.5, 0.6) is 0 Å². The van der Waals surface area contributed by atoms with E-state index in [1.807, 2.05) is 13.8 Å². The van der Waals surface area contributed by atoms with Gasteiger partial charge in [0.1, 0.15) is 18.8 Å². The first-order valence-electron chi connectivity index (χ1n) is 35.8. The van der Waals surface area contributed by atoms with Gasteiger partial charge in [0.2, 0.25) is 0 Å². The van der Waals surface area contributed by atoms with E-state index in [9.17, 15) is 14.4 Å². The highest BCUT2D eigenvalue weighted by Gasteiger charge is 2.19. The molecule has 83 heavy (non-hydrogen) atoms. The molecule has 0 saturated carbocycles. The number of ether oxygens (including phenoxy) is 9. The zero-order valence-corrected chi connectivity index (χ0v) is 56.7. The number of rotatable bonds is 66. The lowest BCUT2D eigenvalue weighted by molar-refractivity contribution is -0.151. The molecule has 0 aromatic rings. The molecule has 0 bridgehead atoms. The summed E-state index contributed by atoms with van der Waals surface area (Å²) in [6.45, 7) is 24.1. The Hall–Kier alpha value is -1.83. The van der Waals surface area contributed by atoms with Gasteiger partial charge < -0.3 is 42.6 Å². The van der Waals surface area contributed by atoms with Crippen molar-refractivity contribution in [1.29, 1.82) is 0 Å². The van der Waals surface area contributed by atoms with Crippen LogP contribution in [0.1, 0.15) is 338 Å². The third-order valence-electron chi connectivity index (χ3n) is 15.1. The fourth-order valence-electron chi connectivity index (χ4n) is 10.0. The molecular weight excluding hydrogens is 1040 g/mol. The van der Waals surface area contributed by atoms with E-state index in [0.717, 1.165) is 129 Å². The fourth-order valence-corrected chi connectivity index (χ4v) is 10.0. The van der Waals surface area contributed by atoms with Gasteiger partial charge in [0.15, 0.2) is 0 Å². The number of hydrogen-bond donors (Lipinski definition) is 0. The van der Waals surface area contributed by atoms with E-state index in [2.05, 4.69) is 41.5 Å². The van der Waals surface area contributed by atoms with Crippen LogP contribution in [-0.4, -0.2) is 117 Å². The predicted octanol–water partition coefficient (Wildman–Crippen LogP) is 20.0. The normalized spacial score (nSPS) is 11.3. The van der Waals surface area contributed by atoms with Gasteiger partial charge in [0, 0.05) is 33.2 Å². The Balaban J connectivity index is -0.00000213. The second-order valence-electron chi connectivity index (χ2n) is 23.0. The summed E-state index contributed by atoms with van der Waals surface area (Å²) in [5.74, 6) is -0.0279. The van der Waals surface area contributed by atoms with Crippen molar-refractivity contribution in [3.8, 4) is 0 Å². The quantitative estimate of drug-likeness (QED) is 0.0326. The summed E-state index contributed by atoms with van der Waals surface area (Å²) in [5, 5.41) is 0. The molecule has 0 aliphatic rings. The molecule has 0 aromatic heterocycles. The van der Waals surface area contributed by atoms with Crippen molar-refractivity contribution in [2.75, 3.05) is 86.4 Å². The van der Waals surface area contributed by atoms with Crippen molar-refractivity contribution in [1.82, 2.24) is 0 Å². The van der Waals surface area contributed by atoms with E-state index >= 15 is 0 Å². The Kier molecular flexibility index (Phi) is 78.5. The van der Waals surface area contributed by atoms with Gasteiger partial charge in [-0.2, -0.15) is 0 Å². The van der Waals surface area contributed by atoms with Crippen LogP contribution in [0.15, 0.2) is 0 Å². The molecule has 0 aliphatic heterocycles. The third kappa shape index (κ3) is 70.8. The summed E-state index contributed by atoms with van der Waals surface area (Å²) in [6, 6.07) is 0. The molecule has 498 valence electrons. The van der Waals surface area contributed by atoms with Crippen molar-refractivity contribution >= 4 is 17.9 Å². The van der Waals surface area contributed by atoms with Gasteiger partial charge in [-0.15, -0.1) is 0 Å². The molecule has 0 atom stereocenters. The van der Waals surface area contributed by atoms with Crippen LogP contribution in [-0.2, 0) is 57.0 Å². The first-order valence-corrected chi connectivity index (χ1v) is 35.8. The molecule has 0 heterocycles. The largest absolute Gasteiger partial charge is 0.463 e. The lowest BCUT2D eigenvalue weighted by Gasteiger charge is -2.18. The van der Waals surface area contributed by atoms with E-state index in [1.165, 1.54) is 154 Å². The molecule has 0 unspecified atom stereocenters. The third-order valence-corrected chi connectivity index (χ3v) is 15.1. The van der Waals surface area contributed by atoms with Crippen molar-refractivity contribution in [2.24, 2.45) is 5.92 Å². The smallest absolute Gasteiger partial charge is 0.309 e. The van der Waals surface area contributed by atoms with Gasteiger partial charge in [0.25, 0.3) is 0 Å². The van der Waals surface area contributed by atoms with Gasteiger partial charge in [-0.25, -0.2) is 0 Å². The minimum atomic E-state index is -0.0956. The van der Waals surface area contributed by atoms with Gasteiger partial charge in [-0.3, -0.25) is 14.4 Å². The summed E-state index contributed by atoms with van der Waals surface area (Å²) in [6.07, 6.45) is 51.0. The van der Waals surface area contributed by atoms with Gasteiger partial charge >= 0.3 is 17.9 Å². The van der Waals surface area contributed by atoms with Crippen LogP contribution in [0, 0.1) is 5.92 Å². The number of esters is 3. The fraction of sp³-hybridized carbons (Fsp3) is 0.958. The SMILES string of the molecule is CC.CCCC(CCC)C(=O)OCCOCCOCCOCCOC.CCCCCCCCC(CCCCCCCC)OC(=O)CCCCCCCOCCOCCCCCCCC(=O)OC(CCCCCCCC)CCCCCCCC. The van der Waals surface area contributed by atoms with E-state index in [-0.39, 0.29) is 36.0 Å². The maximum atomic E-state index is 12.6. The molecule has 0 N–H and O–H groups in total. The lowest BCUT2D eigenvalue weighted by atomic mass is 9.99. The van der Waals surface area contributed by atoms with Crippen LogP contribution < -0.4 is 0 Å². The van der Waals surface area contributed by atoms with Crippen LogP contribution in [0.2, 0.25) is 0 Å². The highest BCUT2D eigenvalue weighted by molar-refractivity contribution is 5.72. The summed E-state index contributed by atoms with van der Waals surface area (Å²) in [7, 11) is 1.64. The first kappa shape index (κ1) is 85.4. The van der Waals surface area contributed by atoms with Crippen LogP contribution in [0.25, 0.3) is 0 Å². The number of unbranched alkanes of at least 4 members (excludes halogenated alkanes) is 28. The number of methoxy groups -OCH3 is 1. The minimum absolute atomic E-state index is 0.0170. The minimum Gasteiger partial charge on any atom is -0.463 e. The zero-order chi connectivity index (χ0) is 61.4. The lowest BCUT2D eigenvalue weighted by Crippen LogP contribution is -2.20.